The molecule has 0 saturated carbocycles. The van der Waals surface area contributed by atoms with E-state index in [4.69, 9.17) is 0 Å². The molecule has 0 aliphatic heterocycles. The molecule has 82 valence electrons. The molecule has 1 heterocycles. The lowest BCUT2D eigenvalue weighted by molar-refractivity contribution is 0.739. The number of hydrogen-bond donors (Lipinski definition) is 1. The predicted molar refractivity (Wildman–Crippen MR) is 61.0 cm³/mol. The van der Waals surface area contributed by atoms with Crippen molar-refractivity contribution in [2.24, 2.45) is 12.2 Å². The molecule has 0 fully saturated rings. The Balaban J connectivity index is 2.61. The highest BCUT2D eigenvalue weighted by molar-refractivity contribution is 5.62. The van der Waals surface area contributed by atoms with Crippen LogP contribution in [-0.2, 0) is 13.6 Å². The average Bonchev–Trinajstić information content (AvgIpc) is 2.59. The fourth-order valence-electron chi connectivity index (χ4n) is 1.65. The Bertz CT molecular complexity index is 554. The summed E-state index contributed by atoms with van der Waals surface area (Å²) in [6, 6.07) is 9.39. The van der Waals surface area contributed by atoms with Crippen molar-refractivity contribution < 1.29 is 0 Å². The van der Waals surface area contributed by atoms with Crippen molar-refractivity contribution >= 4 is 0 Å². The number of rotatable bonds is 3. The molecule has 2 aromatic rings. The van der Waals surface area contributed by atoms with Crippen LogP contribution < -0.4 is 5.56 Å². The van der Waals surface area contributed by atoms with Crippen LogP contribution in [0, 0.1) is 4.91 Å². The molecule has 1 aromatic carbocycles. The third kappa shape index (κ3) is 1.67. The van der Waals surface area contributed by atoms with Crippen molar-refractivity contribution in [1.82, 2.24) is 9.78 Å². The standard InChI is InChI=1S/C11H11N3O2/c1-14-11(15)9(7-12-16)10(13-14)8-5-3-2-4-6-8/h2-6,13H,7H2,1H3. The maximum Gasteiger partial charge on any atom is 0.272 e. The summed E-state index contributed by atoms with van der Waals surface area (Å²) in [5, 5.41) is 5.70. The van der Waals surface area contributed by atoms with Gasteiger partial charge in [0.1, 0.15) is 6.54 Å². The Morgan fingerprint density at radius 2 is 2.00 bits per heavy atom. The molecular weight excluding hydrogens is 206 g/mol. The van der Waals surface area contributed by atoms with Crippen LogP contribution in [0.15, 0.2) is 40.3 Å². The Kier molecular flexibility index (Phi) is 2.68. The third-order valence-corrected chi connectivity index (χ3v) is 2.43. The van der Waals surface area contributed by atoms with E-state index in [1.54, 1.807) is 7.05 Å². The molecule has 16 heavy (non-hydrogen) atoms. The van der Waals surface area contributed by atoms with Gasteiger partial charge in [-0.3, -0.25) is 14.6 Å². The number of aryl methyl sites for hydroxylation is 1. The van der Waals surface area contributed by atoms with Crippen molar-refractivity contribution in [1.29, 1.82) is 0 Å². The molecular formula is C11H11N3O2. The second-order valence-corrected chi connectivity index (χ2v) is 3.48. The van der Waals surface area contributed by atoms with E-state index in [2.05, 4.69) is 10.3 Å². The first kappa shape index (κ1) is 10.4. The highest BCUT2D eigenvalue weighted by atomic mass is 16.3. The van der Waals surface area contributed by atoms with Gasteiger partial charge in [-0.05, 0) is 5.56 Å². The van der Waals surface area contributed by atoms with Gasteiger partial charge in [0.25, 0.3) is 5.56 Å². The van der Waals surface area contributed by atoms with E-state index in [-0.39, 0.29) is 12.1 Å². The topological polar surface area (TPSA) is 67.2 Å². The van der Waals surface area contributed by atoms with E-state index < -0.39 is 0 Å². The van der Waals surface area contributed by atoms with Crippen molar-refractivity contribution in [2.75, 3.05) is 0 Å². The number of aromatic nitrogens is 2. The first-order valence-corrected chi connectivity index (χ1v) is 4.86. The number of H-pyrrole nitrogens is 1. The highest BCUT2D eigenvalue weighted by Crippen LogP contribution is 2.19. The Labute approximate surface area is 91.7 Å². The molecule has 0 atom stereocenters. The number of nitrogens with one attached hydrogen (secondary N) is 1. The third-order valence-electron chi connectivity index (χ3n) is 2.43. The van der Waals surface area contributed by atoms with Crippen LogP contribution in [0.1, 0.15) is 5.56 Å². The van der Waals surface area contributed by atoms with Gasteiger partial charge in [-0.25, -0.2) is 0 Å². The van der Waals surface area contributed by atoms with Gasteiger partial charge in [-0.15, -0.1) is 0 Å². The molecule has 2 rings (SSSR count). The lowest BCUT2D eigenvalue weighted by Gasteiger charge is -1.98. The van der Waals surface area contributed by atoms with Gasteiger partial charge in [-0.2, -0.15) is 4.91 Å². The van der Waals surface area contributed by atoms with E-state index in [1.807, 2.05) is 30.3 Å². The molecule has 5 nitrogen and oxygen atoms in total. The highest BCUT2D eigenvalue weighted by Gasteiger charge is 2.13. The van der Waals surface area contributed by atoms with Gasteiger partial charge in [0.2, 0.25) is 0 Å². The molecule has 0 spiro atoms. The largest absolute Gasteiger partial charge is 0.295 e. The molecule has 0 amide bonds. The normalized spacial score (nSPS) is 10.3. The summed E-state index contributed by atoms with van der Waals surface area (Å²) in [6.07, 6.45) is 0. The number of nitrogens with zero attached hydrogens (tertiary/aromatic N) is 2. The minimum absolute atomic E-state index is 0.111. The molecule has 0 unspecified atom stereocenters. The summed E-state index contributed by atoms with van der Waals surface area (Å²) in [5.41, 5.74) is 1.73. The number of benzene rings is 1. The van der Waals surface area contributed by atoms with Crippen LogP contribution in [0.4, 0.5) is 0 Å². The summed E-state index contributed by atoms with van der Waals surface area (Å²) in [4.78, 5) is 22.0. The SMILES string of the molecule is Cn1[nH]c(-c2ccccc2)c(CN=O)c1=O. The van der Waals surface area contributed by atoms with Gasteiger partial charge in [-0.1, -0.05) is 35.5 Å². The molecule has 5 heteroatoms. The van der Waals surface area contributed by atoms with E-state index in [0.717, 1.165) is 5.56 Å². The van der Waals surface area contributed by atoms with Crippen LogP contribution in [0.25, 0.3) is 11.3 Å². The second-order valence-electron chi connectivity index (χ2n) is 3.48. The van der Waals surface area contributed by atoms with E-state index in [0.29, 0.717) is 11.3 Å². The number of hydrogen-bond acceptors (Lipinski definition) is 3. The maximum absolute atomic E-state index is 11.7. The monoisotopic (exact) mass is 217 g/mol. The second kappa shape index (κ2) is 4.14. The Morgan fingerprint density at radius 3 is 2.62 bits per heavy atom. The van der Waals surface area contributed by atoms with Gasteiger partial charge in [0, 0.05) is 7.05 Å². The van der Waals surface area contributed by atoms with Gasteiger partial charge >= 0.3 is 0 Å². The minimum Gasteiger partial charge on any atom is -0.295 e. The van der Waals surface area contributed by atoms with Crippen molar-refractivity contribution in [3.8, 4) is 11.3 Å². The molecule has 1 aromatic heterocycles. The van der Waals surface area contributed by atoms with Gasteiger partial charge in [0.05, 0.1) is 11.3 Å². The molecule has 0 saturated heterocycles. The predicted octanol–water partition coefficient (Wildman–Crippen LogP) is 1.65. The zero-order chi connectivity index (χ0) is 11.5. The molecule has 0 radical (unpaired) electrons. The summed E-state index contributed by atoms with van der Waals surface area (Å²) < 4.78 is 1.35. The maximum atomic E-state index is 11.7. The fraction of sp³-hybridized carbons (Fsp3) is 0.182. The Morgan fingerprint density at radius 1 is 1.31 bits per heavy atom. The smallest absolute Gasteiger partial charge is 0.272 e. The minimum atomic E-state index is -0.210. The molecule has 0 aliphatic carbocycles. The number of nitroso groups, excluding NO2 is 1. The first-order valence-electron chi connectivity index (χ1n) is 4.86. The molecule has 0 bridgehead atoms. The molecule has 0 aliphatic rings. The molecule has 1 N–H and O–H groups in total. The van der Waals surface area contributed by atoms with E-state index >= 15 is 0 Å². The van der Waals surface area contributed by atoms with Crippen LogP contribution in [0.3, 0.4) is 0 Å². The van der Waals surface area contributed by atoms with Crippen LogP contribution >= 0.6 is 0 Å². The average molecular weight is 217 g/mol. The lowest BCUT2D eigenvalue weighted by Crippen LogP contribution is -2.14. The van der Waals surface area contributed by atoms with Crippen molar-refractivity contribution in [3.63, 3.8) is 0 Å². The van der Waals surface area contributed by atoms with Crippen molar-refractivity contribution in [2.45, 2.75) is 6.54 Å². The van der Waals surface area contributed by atoms with Crippen LogP contribution in [0.2, 0.25) is 0 Å². The Hall–Kier alpha value is -2.17. The zero-order valence-corrected chi connectivity index (χ0v) is 8.80. The van der Waals surface area contributed by atoms with E-state index in [1.165, 1.54) is 4.68 Å². The number of aromatic amines is 1. The fourth-order valence-corrected chi connectivity index (χ4v) is 1.65. The summed E-state index contributed by atoms with van der Waals surface area (Å²) in [7, 11) is 1.61. The van der Waals surface area contributed by atoms with Gasteiger partial charge < -0.3 is 0 Å². The summed E-state index contributed by atoms with van der Waals surface area (Å²) in [5.74, 6) is 0. The van der Waals surface area contributed by atoms with Crippen molar-refractivity contribution in [3.05, 3.63) is 51.2 Å². The zero-order valence-electron chi connectivity index (χ0n) is 8.80. The van der Waals surface area contributed by atoms with Gasteiger partial charge in [0.15, 0.2) is 0 Å². The quantitative estimate of drug-likeness (QED) is 0.794. The van der Waals surface area contributed by atoms with Crippen LogP contribution in [0.5, 0.6) is 0 Å². The lowest BCUT2D eigenvalue weighted by atomic mass is 10.1. The summed E-state index contributed by atoms with van der Waals surface area (Å²) >= 11 is 0. The summed E-state index contributed by atoms with van der Waals surface area (Å²) in [6.45, 7) is -0.111. The first-order chi connectivity index (χ1) is 7.74. The van der Waals surface area contributed by atoms with E-state index in [9.17, 15) is 9.70 Å². The van der Waals surface area contributed by atoms with Crippen LogP contribution in [-0.4, -0.2) is 9.78 Å².